The molecule has 0 fully saturated rings. The Kier molecular flexibility index (Phi) is 11.7. The number of anilines is 1. The lowest BCUT2D eigenvalue weighted by molar-refractivity contribution is -0.140. The van der Waals surface area contributed by atoms with Gasteiger partial charge >= 0.3 is 0 Å². The highest BCUT2D eigenvalue weighted by Gasteiger charge is 2.34. The molecule has 0 aromatic heterocycles. The Hall–Kier alpha value is -3.92. The van der Waals surface area contributed by atoms with Gasteiger partial charge in [0.05, 0.1) is 17.2 Å². The third-order valence-corrected chi connectivity index (χ3v) is 8.30. The molecule has 10 heteroatoms. The van der Waals surface area contributed by atoms with Crippen molar-refractivity contribution in [1.29, 1.82) is 0 Å². The molecule has 0 aliphatic carbocycles. The van der Waals surface area contributed by atoms with Crippen molar-refractivity contribution in [1.82, 2.24) is 10.2 Å². The molecule has 8 nitrogen and oxygen atoms in total. The number of halogens is 1. The van der Waals surface area contributed by atoms with Gasteiger partial charge in [0.25, 0.3) is 10.0 Å². The van der Waals surface area contributed by atoms with E-state index in [2.05, 4.69) is 5.32 Å². The van der Waals surface area contributed by atoms with Crippen LogP contribution < -0.4 is 14.4 Å². The lowest BCUT2D eigenvalue weighted by Gasteiger charge is -2.33. The number of para-hydroxylation sites is 2. The SMILES string of the molecule is CCCCNC(=O)C(CC)N(Cc1ccc(F)cc1)C(=O)CN(c1ccccc1OCC)S(=O)(=O)c1ccccc1. The largest absolute Gasteiger partial charge is 0.492 e. The molecule has 1 unspecified atom stereocenters. The Balaban J connectivity index is 2.06. The molecule has 2 amide bonds. The van der Waals surface area contributed by atoms with Crippen LogP contribution in [0.2, 0.25) is 0 Å². The van der Waals surface area contributed by atoms with Crippen LogP contribution in [0.15, 0.2) is 83.8 Å². The van der Waals surface area contributed by atoms with E-state index in [1.807, 2.05) is 6.92 Å². The third-order valence-electron chi connectivity index (χ3n) is 6.53. The van der Waals surface area contributed by atoms with Gasteiger partial charge in [-0.25, -0.2) is 12.8 Å². The van der Waals surface area contributed by atoms with Gasteiger partial charge in [0.2, 0.25) is 11.8 Å². The zero-order valence-electron chi connectivity index (χ0n) is 23.8. The predicted octanol–water partition coefficient (Wildman–Crippen LogP) is 5.14. The molecule has 0 saturated heterocycles. The maximum atomic E-state index is 14.1. The van der Waals surface area contributed by atoms with Crippen molar-refractivity contribution >= 4 is 27.5 Å². The van der Waals surface area contributed by atoms with Crippen LogP contribution in [0.5, 0.6) is 5.75 Å². The van der Waals surface area contributed by atoms with Gasteiger partial charge in [-0.3, -0.25) is 13.9 Å². The molecular formula is C31H38FN3O5S. The fourth-order valence-corrected chi connectivity index (χ4v) is 5.83. The van der Waals surface area contributed by atoms with Crippen LogP contribution in [0.25, 0.3) is 0 Å². The van der Waals surface area contributed by atoms with Crippen LogP contribution in [0.4, 0.5) is 10.1 Å². The van der Waals surface area contributed by atoms with Crippen LogP contribution in [0.3, 0.4) is 0 Å². The number of nitrogens with zero attached hydrogens (tertiary/aromatic N) is 2. The summed E-state index contributed by atoms with van der Waals surface area (Å²) >= 11 is 0. The third kappa shape index (κ3) is 8.29. The van der Waals surface area contributed by atoms with E-state index in [9.17, 15) is 22.4 Å². The lowest BCUT2D eigenvalue weighted by atomic mass is 10.1. The molecule has 0 spiro atoms. The number of carbonyl (C=O) groups excluding carboxylic acids is 2. The van der Waals surface area contributed by atoms with E-state index in [-0.39, 0.29) is 29.6 Å². The second-order valence-electron chi connectivity index (χ2n) is 9.44. The lowest BCUT2D eigenvalue weighted by Crippen LogP contribution is -2.52. The minimum absolute atomic E-state index is 0.00790. The Morgan fingerprint density at radius 2 is 1.59 bits per heavy atom. The minimum Gasteiger partial charge on any atom is -0.492 e. The van der Waals surface area contributed by atoms with E-state index in [1.54, 1.807) is 68.4 Å². The Labute approximate surface area is 242 Å². The summed E-state index contributed by atoms with van der Waals surface area (Å²) in [7, 11) is -4.22. The van der Waals surface area contributed by atoms with Gasteiger partial charge in [0, 0.05) is 13.1 Å². The maximum absolute atomic E-state index is 14.1. The Bertz CT molecular complexity index is 1380. The van der Waals surface area contributed by atoms with Crippen molar-refractivity contribution in [2.45, 2.75) is 57.5 Å². The first-order valence-corrected chi connectivity index (χ1v) is 15.3. The number of benzene rings is 3. The quantitative estimate of drug-likeness (QED) is 0.250. The molecule has 220 valence electrons. The molecule has 3 aromatic carbocycles. The van der Waals surface area contributed by atoms with Crippen molar-refractivity contribution in [2.24, 2.45) is 0 Å². The summed E-state index contributed by atoms with van der Waals surface area (Å²) in [6, 6.07) is 19.2. The minimum atomic E-state index is -4.22. The van der Waals surface area contributed by atoms with E-state index in [4.69, 9.17) is 4.74 Å². The van der Waals surface area contributed by atoms with Crippen molar-refractivity contribution in [2.75, 3.05) is 24.0 Å². The number of ether oxygens (including phenoxy) is 1. The highest BCUT2D eigenvalue weighted by molar-refractivity contribution is 7.92. The molecular weight excluding hydrogens is 545 g/mol. The van der Waals surface area contributed by atoms with Crippen molar-refractivity contribution in [3.63, 3.8) is 0 Å². The summed E-state index contributed by atoms with van der Waals surface area (Å²) in [5.41, 5.74) is 0.806. The summed E-state index contributed by atoms with van der Waals surface area (Å²) in [6.45, 7) is 5.74. The smallest absolute Gasteiger partial charge is 0.264 e. The summed E-state index contributed by atoms with van der Waals surface area (Å²) in [4.78, 5) is 28.7. The van der Waals surface area contributed by atoms with Crippen LogP contribution in [0.1, 0.15) is 45.6 Å². The van der Waals surface area contributed by atoms with E-state index >= 15 is 0 Å². The second kappa shape index (κ2) is 15.2. The number of sulfonamides is 1. The number of hydrogen-bond donors (Lipinski definition) is 1. The predicted molar refractivity (Wildman–Crippen MR) is 158 cm³/mol. The molecule has 0 aliphatic heterocycles. The van der Waals surface area contributed by atoms with Crippen LogP contribution in [-0.2, 0) is 26.2 Å². The average molecular weight is 584 g/mol. The van der Waals surface area contributed by atoms with E-state index in [0.717, 1.165) is 17.1 Å². The molecule has 0 aliphatic rings. The average Bonchev–Trinajstić information content (AvgIpc) is 2.98. The molecule has 41 heavy (non-hydrogen) atoms. The number of rotatable bonds is 15. The molecule has 3 rings (SSSR count). The number of nitrogens with one attached hydrogen (secondary N) is 1. The highest BCUT2D eigenvalue weighted by atomic mass is 32.2. The normalized spacial score (nSPS) is 11.9. The second-order valence-corrected chi connectivity index (χ2v) is 11.3. The summed E-state index contributed by atoms with van der Waals surface area (Å²) < 4.78 is 48.3. The van der Waals surface area contributed by atoms with Gasteiger partial charge in [-0.05, 0) is 61.7 Å². The van der Waals surface area contributed by atoms with Gasteiger partial charge in [-0.2, -0.15) is 0 Å². The molecule has 0 heterocycles. The summed E-state index contributed by atoms with van der Waals surface area (Å²) in [6.07, 6.45) is 1.97. The number of hydrogen-bond acceptors (Lipinski definition) is 5. The van der Waals surface area contributed by atoms with Gasteiger partial charge in [-0.1, -0.05) is 62.7 Å². The first-order valence-electron chi connectivity index (χ1n) is 13.8. The van der Waals surface area contributed by atoms with Crippen molar-refractivity contribution < 1.29 is 27.1 Å². The van der Waals surface area contributed by atoms with Crippen LogP contribution >= 0.6 is 0 Å². The zero-order valence-corrected chi connectivity index (χ0v) is 24.6. The summed E-state index contributed by atoms with van der Waals surface area (Å²) in [5.74, 6) is -1.04. The van der Waals surface area contributed by atoms with Crippen molar-refractivity contribution in [3.8, 4) is 5.75 Å². The summed E-state index contributed by atoms with van der Waals surface area (Å²) in [5, 5.41) is 2.89. The first-order chi connectivity index (χ1) is 19.7. The fourth-order valence-electron chi connectivity index (χ4n) is 4.39. The Morgan fingerprint density at radius 3 is 2.22 bits per heavy atom. The molecule has 3 aromatic rings. The van der Waals surface area contributed by atoms with E-state index in [1.165, 1.54) is 29.2 Å². The van der Waals surface area contributed by atoms with Gasteiger partial charge in [0.15, 0.2) is 0 Å². The maximum Gasteiger partial charge on any atom is 0.264 e. The van der Waals surface area contributed by atoms with Gasteiger partial charge in [-0.15, -0.1) is 0 Å². The highest BCUT2D eigenvalue weighted by Crippen LogP contribution is 2.33. The van der Waals surface area contributed by atoms with Gasteiger partial charge in [0.1, 0.15) is 24.2 Å². The number of carbonyl (C=O) groups is 2. The van der Waals surface area contributed by atoms with Crippen LogP contribution in [0, 0.1) is 5.82 Å². The fraction of sp³-hybridized carbons (Fsp3) is 0.355. The molecule has 1 N–H and O–H groups in total. The number of amides is 2. The molecule has 1 atom stereocenters. The first kappa shape index (κ1) is 31.6. The monoisotopic (exact) mass is 583 g/mol. The standard InChI is InChI=1S/C31H38FN3O5S/c1-4-7-21-33-31(37)27(5-2)34(22-24-17-19-25(32)20-18-24)30(36)23-35(28-15-11-12-16-29(28)40-6-3)41(38,39)26-13-9-8-10-14-26/h8-20,27H,4-7,21-23H2,1-3H3,(H,33,37). The zero-order chi connectivity index (χ0) is 29.8. The van der Waals surface area contributed by atoms with Gasteiger partial charge < -0.3 is 15.0 Å². The molecule has 0 radical (unpaired) electrons. The van der Waals surface area contributed by atoms with E-state index < -0.39 is 34.3 Å². The van der Waals surface area contributed by atoms with Crippen molar-refractivity contribution in [3.05, 3.63) is 90.2 Å². The molecule has 0 saturated carbocycles. The number of unbranched alkanes of at least 4 members (excludes halogenated alkanes) is 1. The topological polar surface area (TPSA) is 96.0 Å². The van der Waals surface area contributed by atoms with E-state index in [0.29, 0.717) is 24.3 Å². The molecule has 0 bridgehead atoms. The Morgan fingerprint density at radius 1 is 0.927 bits per heavy atom. The van der Waals surface area contributed by atoms with Crippen LogP contribution in [-0.4, -0.2) is 50.9 Å².